The van der Waals surface area contributed by atoms with E-state index in [-0.39, 0.29) is 5.57 Å². The molecule has 0 unspecified atom stereocenters. The third-order valence-corrected chi connectivity index (χ3v) is 4.37. The number of ether oxygens (including phenoxy) is 1. The van der Waals surface area contributed by atoms with Gasteiger partial charge in [0, 0.05) is 36.1 Å². The summed E-state index contributed by atoms with van der Waals surface area (Å²) in [5.41, 5.74) is 0.763. The van der Waals surface area contributed by atoms with Gasteiger partial charge in [0.05, 0.1) is 23.9 Å². The Bertz CT molecular complexity index is 903. The summed E-state index contributed by atoms with van der Waals surface area (Å²) in [6.07, 6.45) is 4.54. The van der Waals surface area contributed by atoms with Crippen LogP contribution < -0.4 is 10.2 Å². The number of nitrogens with zero attached hydrogens (tertiary/aromatic N) is 4. The highest BCUT2D eigenvalue weighted by Gasteiger charge is 2.15. The van der Waals surface area contributed by atoms with Gasteiger partial charge >= 0.3 is 0 Å². The summed E-state index contributed by atoms with van der Waals surface area (Å²) in [5, 5.41) is 12.6. The lowest BCUT2D eigenvalue weighted by atomic mass is 10.2. The van der Waals surface area contributed by atoms with Crippen LogP contribution in [0, 0.1) is 11.3 Å². The number of hydrogen-bond donors (Lipinski definition) is 1. The standard InChI is InChI=1S/C18H15Cl2N5O2/c19-14-1-2-15(20)16(8-14)24-17(26)13(9-21)7-12-10-22-18(23-11-12)25-3-5-27-6-4-25/h1-2,7-8,10-11H,3-6H2,(H,24,26)/b13-7+. The maximum atomic E-state index is 12.4. The number of morpholine rings is 1. The molecule has 27 heavy (non-hydrogen) atoms. The van der Waals surface area contributed by atoms with E-state index in [4.69, 9.17) is 27.9 Å². The van der Waals surface area contributed by atoms with Crippen LogP contribution >= 0.6 is 23.2 Å². The number of rotatable bonds is 4. The Balaban J connectivity index is 1.74. The first kappa shape index (κ1) is 19.1. The molecular formula is C18H15Cl2N5O2. The van der Waals surface area contributed by atoms with Gasteiger partial charge in [-0.1, -0.05) is 23.2 Å². The van der Waals surface area contributed by atoms with Gasteiger partial charge in [-0.25, -0.2) is 9.97 Å². The minimum atomic E-state index is -0.598. The number of benzene rings is 1. The van der Waals surface area contributed by atoms with Crippen LogP contribution in [0.1, 0.15) is 5.56 Å². The number of carbonyl (C=O) groups excluding carboxylic acids is 1. The quantitative estimate of drug-likeness (QED) is 0.622. The predicted octanol–water partition coefficient (Wildman–Crippen LogP) is 3.17. The molecule has 9 heteroatoms. The molecule has 1 aromatic heterocycles. The molecule has 0 bridgehead atoms. The molecule has 1 aromatic carbocycles. The summed E-state index contributed by atoms with van der Waals surface area (Å²) >= 11 is 11.9. The first-order valence-corrected chi connectivity index (χ1v) is 8.85. The minimum Gasteiger partial charge on any atom is -0.378 e. The molecule has 3 rings (SSSR count). The molecule has 0 spiro atoms. The number of anilines is 2. The topological polar surface area (TPSA) is 91.1 Å². The van der Waals surface area contributed by atoms with E-state index in [0.29, 0.717) is 40.5 Å². The lowest BCUT2D eigenvalue weighted by molar-refractivity contribution is -0.112. The summed E-state index contributed by atoms with van der Waals surface area (Å²) in [6.45, 7) is 2.72. The van der Waals surface area contributed by atoms with Crippen LogP contribution in [0.25, 0.3) is 6.08 Å². The highest BCUT2D eigenvalue weighted by atomic mass is 35.5. The van der Waals surface area contributed by atoms with E-state index in [0.717, 1.165) is 13.1 Å². The van der Waals surface area contributed by atoms with Crippen LogP contribution in [0.2, 0.25) is 10.0 Å². The molecule has 2 heterocycles. The molecule has 1 N–H and O–H groups in total. The predicted molar refractivity (Wildman–Crippen MR) is 104 cm³/mol. The normalized spacial score (nSPS) is 14.6. The zero-order chi connectivity index (χ0) is 19.2. The van der Waals surface area contributed by atoms with Crippen molar-refractivity contribution in [3.05, 3.63) is 51.8 Å². The molecular weight excluding hydrogens is 389 g/mol. The summed E-state index contributed by atoms with van der Waals surface area (Å²) < 4.78 is 5.30. The molecule has 2 aromatic rings. The van der Waals surface area contributed by atoms with E-state index in [1.807, 2.05) is 11.0 Å². The zero-order valence-corrected chi connectivity index (χ0v) is 15.7. The second-order valence-corrected chi connectivity index (χ2v) is 6.51. The van der Waals surface area contributed by atoms with Gasteiger partial charge in [-0.3, -0.25) is 4.79 Å². The largest absolute Gasteiger partial charge is 0.378 e. The van der Waals surface area contributed by atoms with Crippen molar-refractivity contribution in [1.82, 2.24) is 9.97 Å². The van der Waals surface area contributed by atoms with Gasteiger partial charge in [-0.2, -0.15) is 5.26 Å². The average Bonchev–Trinajstić information content (AvgIpc) is 2.70. The third-order valence-electron chi connectivity index (χ3n) is 3.80. The number of carbonyl (C=O) groups is 1. The SMILES string of the molecule is N#C/C(=C\c1cnc(N2CCOCC2)nc1)C(=O)Nc1cc(Cl)ccc1Cl. The molecule has 1 aliphatic heterocycles. The highest BCUT2D eigenvalue weighted by molar-refractivity contribution is 6.36. The van der Waals surface area contributed by atoms with Crippen molar-refractivity contribution >= 4 is 46.8 Å². The van der Waals surface area contributed by atoms with E-state index in [9.17, 15) is 10.1 Å². The Kier molecular flexibility index (Phi) is 6.24. The molecule has 1 aliphatic rings. The number of halogens is 2. The van der Waals surface area contributed by atoms with Crippen molar-refractivity contribution in [2.45, 2.75) is 0 Å². The summed E-state index contributed by atoms with van der Waals surface area (Å²) in [6, 6.07) is 6.55. The molecule has 138 valence electrons. The number of amides is 1. The first-order valence-electron chi connectivity index (χ1n) is 8.10. The molecule has 1 fully saturated rings. The van der Waals surface area contributed by atoms with Crippen molar-refractivity contribution in [3.63, 3.8) is 0 Å². The van der Waals surface area contributed by atoms with Crippen molar-refractivity contribution in [3.8, 4) is 6.07 Å². The fourth-order valence-electron chi connectivity index (χ4n) is 2.43. The van der Waals surface area contributed by atoms with Gasteiger partial charge in [-0.05, 0) is 24.3 Å². The number of nitrogens with one attached hydrogen (secondary N) is 1. The molecule has 0 saturated carbocycles. The van der Waals surface area contributed by atoms with E-state index in [1.165, 1.54) is 12.1 Å². The maximum absolute atomic E-state index is 12.4. The number of aromatic nitrogens is 2. The second kappa shape index (κ2) is 8.82. The van der Waals surface area contributed by atoms with Crippen LogP contribution in [0.4, 0.5) is 11.6 Å². The monoisotopic (exact) mass is 403 g/mol. The van der Waals surface area contributed by atoms with Crippen LogP contribution in [0.5, 0.6) is 0 Å². The van der Waals surface area contributed by atoms with Gasteiger partial charge in [0.25, 0.3) is 5.91 Å². The lowest BCUT2D eigenvalue weighted by Gasteiger charge is -2.26. The smallest absolute Gasteiger partial charge is 0.266 e. The molecule has 0 atom stereocenters. The molecule has 7 nitrogen and oxygen atoms in total. The Morgan fingerprint density at radius 3 is 2.63 bits per heavy atom. The second-order valence-electron chi connectivity index (χ2n) is 5.66. The third kappa shape index (κ3) is 4.95. The maximum Gasteiger partial charge on any atom is 0.266 e. The summed E-state index contributed by atoms with van der Waals surface area (Å²) in [7, 11) is 0. The molecule has 0 aliphatic carbocycles. The fraction of sp³-hybridized carbons (Fsp3) is 0.222. The van der Waals surface area contributed by atoms with Crippen LogP contribution in [-0.2, 0) is 9.53 Å². The zero-order valence-electron chi connectivity index (χ0n) is 14.2. The van der Waals surface area contributed by atoms with E-state index in [1.54, 1.807) is 24.5 Å². The molecule has 1 amide bonds. The summed E-state index contributed by atoms with van der Waals surface area (Å²) in [5.74, 6) is -0.0111. The van der Waals surface area contributed by atoms with E-state index < -0.39 is 5.91 Å². The lowest BCUT2D eigenvalue weighted by Crippen LogP contribution is -2.37. The van der Waals surface area contributed by atoms with Crippen LogP contribution in [0.3, 0.4) is 0 Å². The first-order chi connectivity index (χ1) is 13.1. The van der Waals surface area contributed by atoms with Gasteiger partial charge < -0.3 is 15.0 Å². The molecule has 0 radical (unpaired) electrons. The van der Waals surface area contributed by atoms with E-state index >= 15 is 0 Å². The van der Waals surface area contributed by atoms with Gasteiger partial charge in [0.1, 0.15) is 11.6 Å². The van der Waals surface area contributed by atoms with Gasteiger partial charge in [-0.15, -0.1) is 0 Å². The Morgan fingerprint density at radius 2 is 1.96 bits per heavy atom. The Morgan fingerprint density at radius 1 is 1.26 bits per heavy atom. The summed E-state index contributed by atoms with van der Waals surface area (Å²) in [4.78, 5) is 23.0. The highest BCUT2D eigenvalue weighted by Crippen LogP contribution is 2.26. The Labute approximate surface area is 166 Å². The minimum absolute atomic E-state index is 0.103. The van der Waals surface area contributed by atoms with Crippen molar-refractivity contribution in [1.29, 1.82) is 5.26 Å². The number of hydrogen-bond acceptors (Lipinski definition) is 6. The molecule has 1 saturated heterocycles. The van der Waals surface area contributed by atoms with Crippen molar-refractivity contribution in [2.24, 2.45) is 0 Å². The van der Waals surface area contributed by atoms with Gasteiger partial charge in [0.2, 0.25) is 5.95 Å². The number of nitriles is 1. The average molecular weight is 404 g/mol. The van der Waals surface area contributed by atoms with Gasteiger partial charge in [0.15, 0.2) is 0 Å². The van der Waals surface area contributed by atoms with Crippen LogP contribution in [0.15, 0.2) is 36.2 Å². The Hall–Kier alpha value is -2.66. The van der Waals surface area contributed by atoms with E-state index in [2.05, 4.69) is 15.3 Å². The van der Waals surface area contributed by atoms with Crippen molar-refractivity contribution in [2.75, 3.05) is 36.5 Å². The van der Waals surface area contributed by atoms with Crippen LogP contribution in [-0.4, -0.2) is 42.2 Å². The fourth-order valence-corrected chi connectivity index (χ4v) is 2.77. The van der Waals surface area contributed by atoms with Crippen molar-refractivity contribution < 1.29 is 9.53 Å².